The molecule has 27 heavy (non-hydrogen) atoms. The normalized spacial score (nSPS) is 11.9. The topological polar surface area (TPSA) is 134 Å². The fraction of sp³-hybridized carbons (Fsp3) is 0.286. The number of halogens is 3. The number of hydrogen-bond acceptors (Lipinski definition) is 8. The number of sulfonamides is 1. The molecule has 0 saturated heterocycles. The molecule has 2 aromatic rings. The van der Waals surface area contributed by atoms with Crippen LogP contribution in [0, 0.1) is 5.82 Å². The van der Waals surface area contributed by atoms with E-state index in [1.54, 1.807) is 0 Å². The van der Waals surface area contributed by atoms with Crippen LogP contribution in [-0.4, -0.2) is 49.1 Å². The Labute approximate surface area is 151 Å². The average Bonchev–Trinajstić information content (AvgIpc) is 2.57. The Hall–Kier alpha value is -2.80. The van der Waals surface area contributed by atoms with Gasteiger partial charge in [0.05, 0.1) is 19.8 Å². The van der Waals surface area contributed by atoms with E-state index in [1.807, 2.05) is 0 Å². The number of methoxy groups -OCH3 is 2. The molecule has 0 spiro atoms. The summed E-state index contributed by atoms with van der Waals surface area (Å²) in [7, 11) is -2.33. The number of nitrogens with zero attached hydrogens (tertiary/aromatic N) is 3. The second-order valence-electron chi connectivity index (χ2n) is 5.14. The van der Waals surface area contributed by atoms with Gasteiger partial charge in [0, 0.05) is 5.56 Å². The van der Waals surface area contributed by atoms with Crippen molar-refractivity contribution in [3.05, 3.63) is 41.0 Å². The first-order chi connectivity index (χ1) is 12.5. The smallest absolute Gasteiger partial charge is 0.323 e. The molecule has 0 bridgehead atoms. The van der Waals surface area contributed by atoms with E-state index in [9.17, 15) is 26.4 Å². The summed E-state index contributed by atoms with van der Waals surface area (Å²) in [6.07, 6.45) is 0. The number of alkyl halides is 2. The van der Waals surface area contributed by atoms with E-state index in [1.165, 1.54) is 14.2 Å². The van der Waals surface area contributed by atoms with Crippen molar-refractivity contribution in [3.63, 3.8) is 0 Å². The Morgan fingerprint density at radius 3 is 2.19 bits per heavy atom. The summed E-state index contributed by atoms with van der Waals surface area (Å²) >= 11 is 0. The molecule has 0 aliphatic rings. The largest absolute Gasteiger partial charge is 0.467 e. The van der Waals surface area contributed by atoms with Crippen molar-refractivity contribution in [2.24, 2.45) is 5.14 Å². The van der Waals surface area contributed by atoms with E-state index in [2.05, 4.69) is 20.1 Å². The maximum atomic E-state index is 14.4. The van der Waals surface area contributed by atoms with Crippen LogP contribution < -0.4 is 14.6 Å². The minimum Gasteiger partial charge on any atom is -0.467 e. The van der Waals surface area contributed by atoms with Gasteiger partial charge in [0.1, 0.15) is 11.6 Å². The molecule has 1 aromatic heterocycles. The Balaban J connectivity index is 2.64. The van der Waals surface area contributed by atoms with Crippen LogP contribution in [0.2, 0.25) is 0 Å². The van der Waals surface area contributed by atoms with E-state index in [4.69, 9.17) is 9.47 Å². The molecule has 13 heteroatoms. The van der Waals surface area contributed by atoms with E-state index >= 15 is 0 Å². The van der Waals surface area contributed by atoms with E-state index in [0.717, 1.165) is 12.1 Å². The predicted molar refractivity (Wildman–Crippen MR) is 84.6 cm³/mol. The predicted octanol–water partition coefficient (Wildman–Crippen LogP) is 0.639. The van der Waals surface area contributed by atoms with Crippen LogP contribution in [0.3, 0.4) is 0 Å². The van der Waals surface area contributed by atoms with Crippen LogP contribution >= 0.6 is 0 Å². The maximum Gasteiger partial charge on any atom is 0.323 e. The number of nitrogens with two attached hydrogens (primary N) is 1. The molecule has 9 nitrogen and oxygen atoms in total. The highest BCUT2D eigenvalue weighted by atomic mass is 32.2. The fourth-order valence-corrected chi connectivity index (χ4v) is 2.80. The lowest BCUT2D eigenvalue weighted by Crippen LogP contribution is -2.32. The Morgan fingerprint density at radius 1 is 1.15 bits per heavy atom. The number of carbonyl (C=O) groups is 1. The van der Waals surface area contributed by atoms with E-state index in [-0.39, 0.29) is 12.0 Å². The molecular weight excluding hydrogens is 393 g/mol. The van der Waals surface area contributed by atoms with Crippen molar-refractivity contribution >= 4 is 15.8 Å². The van der Waals surface area contributed by atoms with E-state index in [0.29, 0.717) is 6.07 Å². The van der Waals surface area contributed by atoms with Gasteiger partial charge in [-0.2, -0.15) is 18.7 Å². The van der Waals surface area contributed by atoms with Gasteiger partial charge in [-0.1, -0.05) is 12.1 Å². The lowest BCUT2D eigenvalue weighted by molar-refractivity contribution is 0.0166. The number of hydrogen-bond donors (Lipinski definition) is 1. The molecule has 1 aromatic carbocycles. The number of benzene rings is 1. The Kier molecular flexibility index (Phi) is 5.65. The summed E-state index contributed by atoms with van der Waals surface area (Å²) in [5.41, 5.74) is -2.29. The highest BCUT2D eigenvalue weighted by molar-refractivity contribution is 7.89. The molecule has 0 saturated carbocycles. The van der Waals surface area contributed by atoms with Gasteiger partial charge < -0.3 is 9.47 Å². The quantitative estimate of drug-likeness (QED) is 0.662. The summed E-state index contributed by atoms with van der Waals surface area (Å²) in [5, 5.41) is 4.64. The molecule has 0 aliphatic heterocycles. The molecule has 0 radical (unpaired) electrons. The number of carbonyl (C=O) groups excluding carboxylic acids is 1. The van der Waals surface area contributed by atoms with Crippen molar-refractivity contribution in [3.8, 4) is 12.0 Å². The van der Waals surface area contributed by atoms with E-state index < -0.39 is 50.3 Å². The highest BCUT2D eigenvalue weighted by Gasteiger charge is 2.42. The Morgan fingerprint density at radius 2 is 1.70 bits per heavy atom. The number of ether oxygens (including phenoxy) is 2. The number of rotatable bonds is 7. The lowest BCUT2D eigenvalue weighted by atomic mass is 9.98. The molecule has 1 heterocycles. The molecular formula is C14H13F3N4O5S. The van der Waals surface area contributed by atoms with Crippen LogP contribution in [-0.2, 0) is 15.9 Å². The van der Waals surface area contributed by atoms with Crippen molar-refractivity contribution in [2.75, 3.05) is 20.0 Å². The summed E-state index contributed by atoms with van der Waals surface area (Å²) in [6, 6.07) is 1.83. The van der Waals surface area contributed by atoms with Crippen molar-refractivity contribution in [1.82, 2.24) is 15.0 Å². The monoisotopic (exact) mass is 406 g/mol. The van der Waals surface area contributed by atoms with Crippen molar-refractivity contribution in [2.45, 2.75) is 5.92 Å². The number of primary sulfonamides is 1. The van der Waals surface area contributed by atoms with Gasteiger partial charge in [0.25, 0.3) is 5.92 Å². The minimum absolute atomic E-state index is 0.348. The van der Waals surface area contributed by atoms with Crippen molar-refractivity contribution < 1.29 is 35.9 Å². The minimum atomic E-state index is -4.68. The van der Waals surface area contributed by atoms with Gasteiger partial charge in [0.15, 0.2) is 0 Å². The number of ketones is 1. The lowest BCUT2D eigenvalue weighted by Gasteiger charge is -2.19. The third-order valence-electron chi connectivity index (χ3n) is 3.17. The zero-order chi connectivity index (χ0) is 20.4. The summed E-state index contributed by atoms with van der Waals surface area (Å²) in [6.45, 7) is 0. The molecule has 2 rings (SSSR count). The van der Waals surface area contributed by atoms with Crippen LogP contribution in [0.25, 0.3) is 0 Å². The highest BCUT2D eigenvalue weighted by Crippen LogP contribution is 2.34. The van der Waals surface area contributed by atoms with Crippen molar-refractivity contribution in [1.29, 1.82) is 0 Å². The molecule has 2 N–H and O–H groups in total. The van der Waals surface area contributed by atoms with Gasteiger partial charge in [-0.05, 0) is 6.07 Å². The van der Waals surface area contributed by atoms with Gasteiger partial charge in [0.2, 0.25) is 21.6 Å². The van der Waals surface area contributed by atoms with Crippen LogP contribution in [0.5, 0.6) is 12.0 Å². The van der Waals surface area contributed by atoms with Gasteiger partial charge >= 0.3 is 12.0 Å². The zero-order valence-electron chi connectivity index (χ0n) is 13.9. The third kappa shape index (κ3) is 4.68. The third-order valence-corrected chi connectivity index (χ3v) is 3.93. The second-order valence-corrected chi connectivity index (χ2v) is 6.75. The van der Waals surface area contributed by atoms with Gasteiger partial charge in [-0.3, -0.25) is 4.79 Å². The molecule has 0 atom stereocenters. The summed E-state index contributed by atoms with van der Waals surface area (Å²) in [4.78, 5) is 23.5. The summed E-state index contributed by atoms with van der Waals surface area (Å²) < 4.78 is 74.6. The summed E-state index contributed by atoms with van der Waals surface area (Å²) in [5.74, 6) is -9.58. The standard InChI is InChI=1S/C14H13F3N4O5S/c1-25-12-19-11(20-13(21-12)26-2)10(22)7-4-3-5-8(15)9(7)14(16,17)6-27(18,23)24/h3-5H,6H2,1-2H3,(H2,18,23,24). The first-order valence-electron chi connectivity index (χ1n) is 7.04. The maximum absolute atomic E-state index is 14.4. The SMILES string of the molecule is COc1nc(OC)nc(C(=O)c2cccc(F)c2C(F)(F)CS(N)(=O)=O)n1. The van der Waals surface area contributed by atoms with Gasteiger partial charge in [-0.25, -0.2) is 17.9 Å². The zero-order valence-corrected chi connectivity index (χ0v) is 14.8. The molecule has 0 aliphatic carbocycles. The van der Waals surface area contributed by atoms with Crippen LogP contribution in [0.15, 0.2) is 18.2 Å². The number of aromatic nitrogens is 3. The molecule has 0 fully saturated rings. The first kappa shape index (κ1) is 20.5. The molecule has 0 unspecified atom stereocenters. The molecule has 0 amide bonds. The fourth-order valence-electron chi connectivity index (χ4n) is 2.15. The van der Waals surface area contributed by atoms with Crippen LogP contribution in [0.4, 0.5) is 13.2 Å². The average molecular weight is 406 g/mol. The first-order valence-corrected chi connectivity index (χ1v) is 8.76. The van der Waals surface area contributed by atoms with Gasteiger partial charge in [-0.15, -0.1) is 4.98 Å². The molecule has 146 valence electrons. The second kappa shape index (κ2) is 7.44. The Bertz CT molecular complexity index is 962. The van der Waals surface area contributed by atoms with Crippen LogP contribution in [0.1, 0.15) is 21.7 Å².